The van der Waals surface area contributed by atoms with Crippen LogP contribution in [0.5, 0.6) is 0 Å². The van der Waals surface area contributed by atoms with Crippen LogP contribution in [0.25, 0.3) is 0 Å². The number of rotatable bonds is 2. The molecule has 0 saturated carbocycles. The fraction of sp³-hybridized carbons (Fsp3) is 0.778. The topological polar surface area (TPSA) is 42.7 Å². The van der Waals surface area contributed by atoms with Gasteiger partial charge in [-0.25, -0.2) is 9.67 Å². The van der Waals surface area contributed by atoms with Gasteiger partial charge in [0.25, 0.3) is 0 Å². The summed E-state index contributed by atoms with van der Waals surface area (Å²) in [7, 11) is 0. The maximum absolute atomic E-state index is 4.31. The molecule has 72 valence electrons. The van der Waals surface area contributed by atoms with Crippen molar-refractivity contribution >= 4 is 0 Å². The smallest absolute Gasteiger partial charge is 0.144 e. The summed E-state index contributed by atoms with van der Waals surface area (Å²) < 4.78 is 2.00. The van der Waals surface area contributed by atoms with Crippen LogP contribution in [0.4, 0.5) is 0 Å². The van der Waals surface area contributed by atoms with Crippen LogP contribution in [0.1, 0.15) is 44.6 Å². The summed E-state index contributed by atoms with van der Waals surface area (Å²) in [6, 6.07) is 0.824. The van der Waals surface area contributed by atoms with Gasteiger partial charge in [-0.1, -0.05) is 0 Å². The Balaban J connectivity index is 2.23. The van der Waals surface area contributed by atoms with Gasteiger partial charge < -0.3 is 5.32 Å². The van der Waals surface area contributed by atoms with E-state index in [2.05, 4.69) is 29.2 Å². The Kier molecular flexibility index (Phi) is 2.31. The third-order valence-corrected chi connectivity index (χ3v) is 2.46. The van der Waals surface area contributed by atoms with E-state index in [4.69, 9.17) is 0 Å². The number of hydrogen-bond donors (Lipinski definition) is 1. The lowest BCUT2D eigenvalue weighted by atomic mass is 10.2. The Morgan fingerprint density at radius 1 is 1.62 bits per heavy atom. The van der Waals surface area contributed by atoms with E-state index < -0.39 is 0 Å². The zero-order valence-electron chi connectivity index (χ0n) is 8.20. The fourth-order valence-electron chi connectivity index (χ4n) is 1.81. The maximum Gasteiger partial charge on any atom is 0.144 e. The van der Waals surface area contributed by atoms with Crippen molar-refractivity contribution in [3.8, 4) is 0 Å². The number of nitrogens with one attached hydrogen (secondary N) is 1. The van der Waals surface area contributed by atoms with Gasteiger partial charge in [-0.2, -0.15) is 5.10 Å². The molecular weight excluding hydrogens is 164 g/mol. The molecule has 1 atom stereocenters. The monoisotopic (exact) mass is 180 g/mol. The largest absolute Gasteiger partial charge is 0.307 e. The molecule has 1 aliphatic heterocycles. The number of hydrogen-bond acceptors (Lipinski definition) is 3. The highest BCUT2D eigenvalue weighted by Crippen LogP contribution is 2.22. The minimum Gasteiger partial charge on any atom is -0.307 e. The van der Waals surface area contributed by atoms with Gasteiger partial charge in [0.2, 0.25) is 0 Å². The van der Waals surface area contributed by atoms with Gasteiger partial charge in [0.15, 0.2) is 0 Å². The molecule has 1 saturated heterocycles. The lowest BCUT2D eigenvalue weighted by Gasteiger charge is -2.13. The zero-order valence-corrected chi connectivity index (χ0v) is 8.20. The lowest BCUT2D eigenvalue weighted by Crippen LogP contribution is -2.19. The van der Waals surface area contributed by atoms with E-state index in [0.717, 1.165) is 12.4 Å². The summed E-state index contributed by atoms with van der Waals surface area (Å²) in [5.41, 5.74) is 0. The second-order valence-corrected chi connectivity index (χ2v) is 3.81. The van der Waals surface area contributed by atoms with Crippen molar-refractivity contribution in [1.82, 2.24) is 20.1 Å². The average molecular weight is 180 g/mol. The summed E-state index contributed by atoms with van der Waals surface area (Å²) in [4.78, 5) is 4.31. The molecule has 0 amide bonds. The van der Waals surface area contributed by atoms with Gasteiger partial charge in [-0.05, 0) is 33.2 Å². The first-order chi connectivity index (χ1) is 6.29. The van der Waals surface area contributed by atoms with Crippen LogP contribution in [-0.4, -0.2) is 21.3 Å². The maximum atomic E-state index is 4.31. The second kappa shape index (κ2) is 3.46. The van der Waals surface area contributed by atoms with Gasteiger partial charge in [-0.3, -0.25) is 0 Å². The first kappa shape index (κ1) is 8.69. The molecule has 4 nitrogen and oxygen atoms in total. The van der Waals surface area contributed by atoms with Crippen molar-refractivity contribution in [2.24, 2.45) is 0 Å². The summed E-state index contributed by atoms with van der Waals surface area (Å²) in [6.07, 6.45) is 4.08. The van der Waals surface area contributed by atoms with Crippen molar-refractivity contribution < 1.29 is 0 Å². The summed E-state index contributed by atoms with van der Waals surface area (Å²) in [5.74, 6) is 1.09. The molecule has 4 heteroatoms. The Morgan fingerprint density at radius 3 is 3.08 bits per heavy atom. The van der Waals surface area contributed by atoms with Crippen LogP contribution in [0, 0.1) is 0 Å². The van der Waals surface area contributed by atoms with Crippen LogP contribution in [0.15, 0.2) is 6.33 Å². The van der Waals surface area contributed by atoms with Crippen LogP contribution < -0.4 is 5.32 Å². The summed E-state index contributed by atoms with van der Waals surface area (Å²) in [6.45, 7) is 5.37. The normalized spacial score (nSPS) is 22.8. The Labute approximate surface area is 78.4 Å². The molecule has 0 bridgehead atoms. The van der Waals surface area contributed by atoms with Crippen LogP contribution >= 0.6 is 0 Å². The molecule has 0 aromatic carbocycles. The summed E-state index contributed by atoms with van der Waals surface area (Å²) in [5, 5.41) is 7.66. The van der Waals surface area contributed by atoms with Crippen molar-refractivity contribution in [2.45, 2.75) is 38.8 Å². The third-order valence-electron chi connectivity index (χ3n) is 2.46. The minimum atomic E-state index is 0.403. The highest BCUT2D eigenvalue weighted by molar-refractivity contribution is 4.97. The molecule has 0 aliphatic carbocycles. The van der Waals surface area contributed by atoms with E-state index in [1.807, 2.05) is 4.68 Å². The summed E-state index contributed by atoms with van der Waals surface area (Å²) >= 11 is 0. The molecule has 0 radical (unpaired) electrons. The highest BCUT2D eigenvalue weighted by atomic mass is 15.4. The predicted molar refractivity (Wildman–Crippen MR) is 50.4 cm³/mol. The fourth-order valence-corrected chi connectivity index (χ4v) is 1.81. The molecule has 13 heavy (non-hydrogen) atoms. The van der Waals surface area contributed by atoms with Crippen molar-refractivity contribution in [2.75, 3.05) is 6.54 Å². The molecule has 1 fully saturated rings. The first-order valence-corrected chi connectivity index (χ1v) is 4.92. The number of aromatic nitrogens is 3. The van der Waals surface area contributed by atoms with Gasteiger partial charge in [0.05, 0.1) is 6.04 Å². The van der Waals surface area contributed by atoms with E-state index in [1.54, 1.807) is 6.33 Å². The molecule has 1 aromatic heterocycles. The van der Waals surface area contributed by atoms with Crippen LogP contribution in [0.2, 0.25) is 0 Å². The van der Waals surface area contributed by atoms with Gasteiger partial charge in [0.1, 0.15) is 12.2 Å². The van der Waals surface area contributed by atoms with E-state index in [9.17, 15) is 0 Å². The molecule has 2 rings (SSSR count). The standard InChI is InChI=1S/C9H16N4/c1-7(2)13-9(11-6-12-13)8-4-3-5-10-8/h6-8,10H,3-5H2,1-2H3/t8-/m1/s1. The van der Waals surface area contributed by atoms with E-state index in [-0.39, 0.29) is 0 Å². The molecule has 2 heterocycles. The van der Waals surface area contributed by atoms with E-state index in [1.165, 1.54) is 12.8 Å². The van der Waals surface area contributed by atoms with Crippen molar-refractivity contribution in [3.63, 3.8) is 0 Å². The minimum absolute atomic E-state index is 0.403. The molecule has 1 aromatic rings. The van der Waals surface area contributed by atoms with Crippen LogP contribution in [-0.2, 0) is 0 Å². The van der Waals surface area contributed by atoms with Gasteiger partial charge in [0, 0.05) is 6.04 Å². The Morgan fingerprint density at radius 2 is 2.46 bits per heavy atom. The van der Waals surface area contributed by atoms with Crippen molar-refractivity contribution in [1.29, 1.82) is 0 Å². The molecule has 0 spiro atoms. The lowest BCUT2D eigenvalue weighted by molar-refractivity contribution is 0.465. The van der Waals surface area contributed by atoms with Crippen LogP contribution in [0.3, 0.4) is 0 Å². The Bertz CT molecular complexity index is 273. The quantitative estimate of drug-likeness (QED) is 0.745. The van der Waals surface area contributed by atoms with Gasteiger partial charge >= 0.3 is 0 Å². The molecule has 1 aliphatic rings. The van der Waals surface area contributed by atoms with Gasteiger partial charge in [-0.15, -0.1) is 0 Å². The second-order valence-electron chi connectivity index (χ2n) is 3.81. The SMILES string of the molecule is CC(C)n1ncnc1[C@H]1CCCN1. The van der Waals surface area contributed by atoms with E-state index >= 15 is 0 Å². The van der Waals surface area contributed by atoms with E-state index in [0.29, 0.717) is 12.1 Å². The highest BCUT2D eigenvalue weighted by Gasteiger charge is 2.21. The average Bonchev–Trinajstić information content (AvgIpc) is 2.74. The first-order valence-electron chi connectivity index (χ1n) is 4.92. The number of nitrogens with zero attached hydrogens (tertiary/aromatic N) is 3. The third kappa shape index (κ3) is 1.58. The van der Waals surface area contributed by atoms with Crippen molar-refractivity contribution in [3.05, 3.63) is 12.2 Å². The molecule has 1 N–H and O–H groups in total. The predicted octanol–water partition coefficient (Wildman–Crippen LogP) is 1.28. The molecular formula is C9H16N4. The molecule has 0 unspecified atom stereocenters. The Hall–Kier alpha value is -0.900. The zero-order chi connectivity index (χ0) is 9.26.